The second-order valence-corrected chi connectivity index (χ2v) is 3.74. The van der Waals surface area contributed by atoms with E-state index in [0.29, 0.717) is 6.42 Å². The molecule has 3 nitrogen and oxygen atoms in total. The highest BCUT2D eigenvalue weighted by Gasteiger charge is 2.27. The Morgan fingerprint density at radius 3 is 2.54 bits per heavy atom. The van der Waals surface area contributed by atoms with E-state index in [2.05, 4.69) is 10.8 Å². The zero-order chi connectivity index (χ0) is 10.3. The third-order valence-electron chi connectivity index (χ3n) is 2.08. The van der Waals surface area contributed by atoms with Crippen molar-refractivity contribution in [3.05, 3.63) is 0 Å². The normalized spacial score (nSPS) is 10.6. The lowest BCUT2D eigenvalue weighted by atomic mass is 9.87. The first kappa shape index (κ1) is 12.0. The van der Waals surface area contributed by atoms with E-state index in [-0.39, 0.29) is 5.97 Å². The van der Waals surface area contributed by atoms with E-state index in [1.165, 1.54) is 7.11 Å². The van der Waals surface area contributed by atoms with Gasteiger partial charge in [0.05, 0.1) is 18.6 Å². The van der Waals surface area contributed by atoms with Crippen LogP contribution in [0.1, 0.15) is 39.5 Å². The van der Waals surface area contributed by atoms with Gasteiger partial charge in [0.2, 0.25) is 0 Å². The van der Waals surface area contributed by atoms with Crippen LogP contribution in [-0.4, -0.2) is 13.1 Å². The van der Waals surface area contributed by atoms with Crippen molar-refractivity contribution >= 4 is 5.97 Å². The van der Waals surface area contributed by atoms with Gasteiger partial charge in [-0.15, -0.1) is 0 Å². The third kappa shape index (κ3) is 4.51. The summed E-state index contributed by atoms with van der Waals surface area (Å²) in [4.78, 5) is 11.2. The quantitative estimate of drug-likeness (QED) is 0.485. The van der Waals surface area contributed by atoms with Gasteiger partial charge in [-0.2, -0.15) is 5.26 Å². The molecule has 0 aromatic rings. The number of nitrogens with zero attached hydrogens (tertiary/aromatic N) is 1. The number of rotatable bonds is 5. The van der Waals surface area contributed by atoms with Crippen LogP contribution in [0.3, 0.4) is 0 Å². The van der Waals surface area contributed by atoms with Gasteiger partial charge in [0.25, 0.3) is 0 Å². The molecule has 0 fully saturated rings. The fraction of sp³-hybridized carbons (Fsp3) is 0.800. The predicted octanol–water partition coefficient (Wildman–Crippen LogP) is 2.27. The van der Waals surface area contributed by atoms with E-state index in [1.807, 2.05) is 13.8 Å². The van der Waals surface area contributed by atoms with Gasteiger partial charge >= 0.3 is 5.97 Å². The summed E-state index contributed by atoms with van der Waals surface area (Å²) < 4.78 is 4.67. The summed E-state index contributed by atoms with van der Waals surface area (Å²) in [7, 11) is 1.40. The number of esters is 1. The lowest BCUT2D eigenvalue weighted by Gasteiger charge is -2.20. The summed E-state index contributed by atoms with van der Waals surface area (Å²) in [5, 5.41) is 8.31. The summed E-state index contributed by atoms with van der Waals surface area (Å²) in [6.07, 6.45) is 3.10. The van der Waals surface area contributed by atoms with Gasteiger partial charge in [-0.05, 0) is 26.7 Å². The van der Waals surface area contributed by atoms with E-state index in [1.54, 1.807) is 0 Å². The summed E-state index contributed by atoms with van der Waals surface area (Å²) in [5.74, 6) is -0.176. The Morgan fingerprint density at radius 1 is 1.46 bits per heavy atom. The van der Waals surface area contributed by atoms with Crippen LogP contribution < -0.4 is 0 Å². The van der Waals surface area contributed by atoms with Gasteiger partial charge in [0.15, 0.2) is 0 Å². The molecule has 3 heteroatoms. The van der Waals surface area contributed by atoms with Gasteiger partial charge in [0, 0.05) is 6.42 Å². The molecule has 74 valence electrons. The van der Waals surface area contributed by atoms with Crippen molar-refractivity contribution in [3.63, 3.8) is 0 Å². The van der Waals surface area contributed by atoms with Crippen molar-refractivity contribution in [1.82, 2.24) is 0 Å². The first-order valence-electron chi connectivity index (χ1n) is 4.50. The average molecular weight is 183 g/mol. The lowest BCUT2D eigenvalue weighted by Crippen LogP contribution is -2.25. The number of hydrogen-bond donors (Lipinski definition) is 0. The Labute approximate surface area is 79.7 Å². The highest BCUT2D eigenvalue weighted by Crippen LogP contribution is 2.24. The fourth-order valence-electron chi connectivity index (χ4n) is 1.15. The van der Waals surface area contributed by atoms with Crippen LogP contribution in [0.15, 0.2) is 0 Å². The van der Waals surface area contributed by atoms with Crippen molar-refractivity contribution in [1.29, 1.82) is 5.26 Å². The summed E-state index contributed by atoms with van der Waals surface area (Å²) in [6.45, 7) is 3.73. The minimum Gasteiger partial charge on any atom is -0.469 e. The predicted molar refractivity (Wildman–Crippen MR) is 49.9 cm³/mol. The molecule has 0 N–H and O–H groups in total. The third-order valence-corrected chi connectivity index (χ3v) is 2.08. The van der Waals surface area contributed by atoms with Crippen LogP contribution in [0.25, 0.3) is 0 Å². The van der Waals surface area contributed by atoms with Crippen LogP contribution in [-0.2, 0) is 9.53 Å². The Balaban J connectivity index is 3.77. The highest BCUT2D eigenvalue weighted by molar-refractivity contribution is 5.75. The number of ether oxygens (including phenoxy) is 1. The molecule has 0 unspecified atom stereocenters. The topological polar surface area (TPSA) is 50.1 Å². The number of hydrogen-bond acceptors (Lipinski definition) is 3. The van der Waals surface area contributed by atoms with Crippen LogP contribution in [0.4, 0.5) is 0 Å². The van der Waals surface area contributed by atoms with Crippen molar-refractivity contribution in [2.24, 2.45) is 5.41 Å². The van der Waals surface area contributed by atoms with Gasteiger partial charge in [0.1, 0.15) is 0 Å². The molecule has 0 saturated carbocycles. The fourth-order valence-corrected chi connectivity index (χ4v) is 1.15. The monoisotopic (exact) mass is 183 g/mol. The van der Waals surface area contributed by atoms with Crippen molar-refractivity contribution < 1.29 is 9.53 Å². The highest BCUT2D eigenvalue weighted by atomic mass is 16.5. The Morgan fingerprint density at radius 2 is 2.08 bits per heavy atom. The molecule has 0 rings (SSSR count). The molecular weight excluding hydrogens is 166 g/mol. The Bertz CT molecular complexity index is 203. The van der Waals surface area contributed by atoms with E-state index in [9.17, 15) is 4.79 Å². The molecular formula is C10H17NO2. The van der Waals surface area contributed by atoms with Crippen molar-refractivity contribution in [2.45, 2.75) is 39.5 Å². The number of carbonyl (C=O) groups is 1. The SMILES string of the molecule is COC(=O)C(C)(C)CCCCC#N. The molecule has 0 aliphatic rings. The van der Waals surface area contributed by atoms with Crippen LogP contribution in [0, 0.1) is 16.7 Å². The molecule has 0 radical (unpaired) electrons. The summed E-state index contributed by atoms with van der Waals surface area (Å²) in [6, 6.07) is 2.08. The molecule has 13 heavy (non-hydrogen) atoms. The van der Waals surface area contributed by atoms with Gasteiger partial charge in [-0.3, -0.25) is 4.79 Å². The van der Waals surface area contributed by atoms with E-state index >= 15 is 0 Å². The molecule has 0 aliphatic heterocycles. The second-order valence-electron chi connectivity index (χ2n) is 3.74. The van der Waals surface area contributed by atoms with E-state index < -0.39 is 5.41 Å². The number of carbonyl (C=O) groups excluding carboxylic acids is 1. The molecule has 0 aromatic carbocycles. The molecule has 0 spiro atoms. The first-order chi connectivity index (χ1) is 6.04. The minimum absolute atomic E-state index is 0.176. The molecule has 0 amide bonds. The van der Waals surface area contributed by atoms with E-state index in [4.69, 9.17) is 5.26 Å². The number of methoxy groups -OCH3 is 1. The van der Waals surface area contributed by atoms with Gasteiger partial charge in [-0.1, -0.05) is 6.42 Å². The van der Waals surface area contributed by atoms with E-state index in [0.717, 1.165) is 19.3 Å². The zero-order valence-corrected chi connectivity index (χ0v) is 8.59. The maximum Gasteiger partial charge on any atom is 0.311 e. The molecule has 0 heterocycles. The van der Waals surface area contributed by atoms with Gasteiger partial charge < -0.3 is 4.74 Å². The summed E-state index contributed by atoms with van der Waals surface area (Å²) in [5.41, 5.74) is -0.412. The zero-order valence-electron chi connectivity index (χ0n) is 8.59. The Kier molecular flexibility index (Phi) is 5.13. The standard InChI is InChI=1S/C10H17NO2/c1-10(2,9(12)13-3)7-5-4-6-8-11/h4-7H2,1-3H3. The maximum absolute atomic E-state index is 11.2. The van der Waals surface area contributed by atoms with Crippen LogP contribution in [0.2, 0.25) is 0 Å². The molecule has 0 saturated heterocycles. The lowest BCUT2D eigenvalue weighted by molar-refractivity contribution is -0.151. The van der Waals surface area contributed by atoms with Gasteiger partial charge in [-0.25, -0.2) is 0 Å². The number of unbranched alkanes of at least 4 members (excludes halogenated alkanes) is 2. The molecule has 0 aromatic heterocycles. The largest absolute Gasteiger partial charge is 0.469 e. The average Bonchev–Trinajstić information content (AvgIpc) is 2.11. The van der Waals surface area contributed by atoms with Crippen LogP contribution >= 0.6 is 0 Å². The molecule has 0 bridgehead atoms. The maximum atomic E-state index is 11.2. The van der Waals surface area contributed by atoms with Crippen LogP contribution in [0.5, 0.6) is 0 Å². The first-order valence-corrected chi connectivity index (χ1v) is 4.50. The van der Waals surface area contributed by atoms with Crippen molar-refractivity contribution in [3.8, 4) is 6.07 Å². The molecule has 0 aliphatic carbocycles. The second kappa shape index (κ2) is 5.58. The minimum atomic E-state index is -0.412. The number of nitriles is 1. The summed E-state index contributed by atoms with van der Waals surface area (Å²) >= 11 is 0. The molecule has 0 atom stereocenters. The Hall–Kier alpha value is -1.04. The smallest absolute Gasteiger partial charge is 0.311 e. The van der Waals surface area contributed by atoms with Crippen molar-refractivity contribution in [2.75, 3.05) is 7.11 Å².